The van der Waals surface area contributed by atoms with Crippen molar-refractivity contribution in [3.05, 3.63) is 100 Å². The second kappa shape index (κ2) is 8.22. The topological polar surface area (TPSA) is 51.3 Å². The number of imidazole rings is 1. The summed E-state index contributed by atoms with van der Waals surface area (Å²) >= 11 is 1.39. The minimum Gasteiger partial charge on any atom is -0.467 e. The monoisotopic (exact) mass is 395 g/mol. The minimum absolute atomic E-state index is 0.0909. The third-order valence-corrected chi connectivity index (χ3v) is 5.24. The predicted molar refractivity (Wildman–Crippen MR) is 104 cm³/mol. The van der Waals surface area contributed by atoms with Crippen LogP contribution >= 0.6 is 11.3 Å². The molecule has 28 heavy (non-hydrogen) atoms. The van der Waals surface area contributed by atoms with Gasteiger partial charge in [-0.25, -0.2) is 9.37 Å². The van der Waals surface area contributed by atoms with Crippen LogP contribution in [0.5, 0.6) is 0 Å². The molecule has 0 atom stereocenters. The average molecular weight is 395 g/mol. The van der Waals surface area contributed by atoms with E-state index in [0.29, 0.717) is 41.7 Å². The highest BCUT2D eigenvalue weighted by Crippen LogP contribution is 2.18. The van der Waals surface area contributed by atoms with Crippen LogP contribution in [0.4, 0.5) is 4.39 Å². The van der Waals surface area contributed by atoms with Crippen LogP contribution in [0.25, 0.3) is 0 Å². The Hall–Kier alpha value is -3.19. The largest absolute Gasteiger partial charge is 0.467 e. The Kier molecular flexibility index (Phi) is 5.34. The standard InChI is InChI=1S/C21H18FN3O2S/c22-18-7-2-1-5-16(18)13-24-10-9-23-20(24)15-25(14-17-6-3-11-27-17)21(26)19-8-4-12-28-19/h1-12H,13-15H2. The van der Waals surface area contributed by atoms with E-state index < -0.39 is 0 Å². The summed E-state index contributed by atoms with van der Waals surface area (Å²) in [6, 6.07) is 13.9. The lowest BCUT2D eigenvalue weighted by molar-refractivity contribution is 0.0716. The molecular weight excluding hydrogens is 377 g/mol. The van der Waals surface area contributed by atoms with Gasteiger partial charge in [0.25, 0.3) is 5.91 Å². The van der Waals surface area contributed by atoms with Crippen LogP contribution in [0.15, 0.2) is 77.0 Å². The molecule has 1 amide bonds. The summed E-state index contributed by atoms with van der Waals surface area (Å²) in [6.45, 7) is 0.971. The number of thiophene rings is 1. The van der Waals surface area contributed by atoms with Crippen molar-refractivity contribution in [2.24, 2.45) is 0 Å². The first-order valence-electron chi connectivity index (χ1n) is 8.79. The molecule has 3 heterocycles. The quantitative estimate of drug-likeness (QED) is 0.461. The second-order valence-corrected chi connectivity index (χ2v) is 7.23. The van der Waals surface area contributed by atoms with Gasteiger partial charge in [-0.2, -0.15) is 0 Å². The molecule has 5 nitrogen and oxygen atoms in total. The average Bonchev–Trinajstić information content (AvgIpc) is 3.46. The number of carbonyl (C=O) groups excluding carboxylic acids is 1. The number of carbonyl (C=O) groups is 1. The SMILES string of the molecule is O=C(c1cccs1)N(Cc1ccco1)Cc1nccn1Cc1ccccc1F. The van der Waals surface area contributed by atoms with E-state index in [9.17, 15) is 9.18 Å². The van der Waals surface area contributed by atoms with E-state index in [0.717, 1.165) is 0 Å². The van der Waals surface area contributed by atoms with Gasteiger partial charge in [-0.05, 0) is 29.6 Å². The molecule has 4 rings (SSSR count). The van der Waals surface area contributed by atoms with Gasteiger partial charge in [-0.15, -0.1) is 11.3 Å². The van der Waals surface area contributed by atoms with Gasteiger partial charge in [0.05, 0.1) is 30.8 Å². The van der Waals surface area contributed by atoms with Crippen LogP contribution in [-0.4, -0.2) is 20.4 Å². The minimum atomic E-state index is -0.260. The van der Waals surface area contributed by atoms with Gasteiger partial charge in [-0.1, -0.05) is 24.3 Å². The van der Waals surface area contributed by atoms with Gasteiger partial charge in [0.15, 0.2) is 0 Å². The number of halogens is 1. The number of aromatic nitrogens is 2. The molecule has 0 bridgehead atoms. The lowest BCUT2D eigenvalue weighted by atomic mass is 10.2. The van der Waals surface area contributed by atoms with Crippen molar-refractivity contribution in [2.45, 2.75) is 19.6 Å². The molecule has 0 radical (unpaired) electrons. The van der Waals surface area contributed by atoms with Crippen molar-refractivity contribution in [2.75, 3.05) is 0 Å². The Balaban J connectivity index is 1.58. The van der Waals surface area contributed by atoms with Crippen LogP contribution < -0.4 is 0 Å². The van der Waals surface area contributed by atoms with E-state index in [2.05, 4.69) is 4.98 Å². The number of amides is 1. The normalized spacial score (nSPS) is 10.9. The Morgan fingerprint density at radius 1 is 1.14 bits per heavy atom. The van der Waals surface area contributed by atoms with E-state index in [1.807, 2.05) is 22.1 Å². The Morgan fingerprint density at radius 2 is 2.04 bits per heavy atom. The highest BCUT2D eigenvalue weighted by molar-refractivity contribution is 7.12. The molecule has 4 aromatic rings. The molecular formula is C21H18FN3O2S. The zero-order valence-corrected chi connectivity index (χ0v) is 15.8. The second-order valence-electron chi connectivity index (χ2n) is 6.28. The summed E-state index contributed by atoms with van der Waals surface area (Å²) in [6.07, 6.45) is 5.04. The third-order valence-electron chi connectivity index (χ3n) is 4.38. The summed E-state index contributed by atoms with van der Waals surface area (Å²) in [5.41, 5.74) is 0.573. The van der Waals surface area contributed by atoms with Crippen molar-refractivity contribution >= 4 is 17.2 Å². The number of furan rings is 1. The molecule has 0 fully saturated rings. The van der Waals surface area contributed by atoms with Gasteiger partial charge < -0.3 is 13.9 Å². The lowest BCUT2D eigenvalue weighted by Gasteiger charge is -2.21. The van der Waals surface area contributed by atoms with Crippen LogP contribution in [-0.2, 0) is 19.6 Å². The first-order chi connectivity index (χ1) is 13.7. The zero-order valence-electron chi connectivity index (χ0n) is 15.0. The van der Waals surface area contributed by atoms with Crippen LogP contribution in [0.2, 0.25) is 0 Å². The molecule has 0 saturated heterocycles. The van der Waals surface area contributed by atoms with Gasteiger partial charge in [0.2, 0.25) is 0 Å². The summed E-state index contributed by atoms with van der Waals surface area (Å²) < 4.78 is 21.3. The summed E-state index contributed by atoms with van der Waals surface area (Å²) in [4.78, 5) is 19.7. The maximum absolute atomic E-state index is 14.0. The van der Waals surface area contributed by atoms with E-state index in [4.69, 9.17) is 4.42 Å². The third kappa shape index (κ3) is 4.04. The number of nitrogens with zero attached hydrogens (tertiary/aromatic N) is 3. The Labute approximate surface area is 165 Å². The van der Waals surface area contributed by atoms with E-state index in [-0.39, 0.29) is 11.7 Å². The van der Waals surface area contributed by atoms with Gasteiger partial charge >= 0.3 is 0 Å². The number of hydrogen-bond acceptors (Lipinski definition) is 4. The molecule has 142 valence electrons. The first-order valence-corrected chi connectivity index (χ1v) is 9.67. The lowest BCUT2D eigenvalue weighted by Crippen LogP contribution is -2.30. The molecule has 7 heteroatoms. The highest BCUT2D eigenvalue weighted by atomic mass is 32.1. The van der Waals surface area contributed by atoms with Crippen molar-refractivity contribution in [3.63, 3.8) is 0 Å². The zero-order chi connectivity index (χ0) is 19.3. The maximum Gasteiger partial charge on any atom is 0.264 e. The van der Waals surface area contributed by atoms with E-state index >= 15 is 0 Å². The fraction of sp³-hybridized carbons (Fsp3) is 0.143. The molecule has 0 saturated carbocycles. The van der Waals surface area contributed by atoms with E-state index in [1.54, 1.807) is 53.9 Å². The van der Waals surface area contributed by atoms with E-state index in [1.165, 1.54) is 17.4 Å². The highest BCUT2D eigenvalue weighted by Gasteiger charge is 2.21. The number of benzene rings is 1. The summed E-state index contributed by atoms with van der Waals surface area (Å²) in [5.74, 6) is 1.02. The smallest absolute Gasteiger partial charge is 0.264 e. The summed E-state index contributed by atoms with van der Waals surface area (Å²) in [7, 11) is 0. The first kappa shape index (κ1) is 18.2. The molecule has 0 aliphatic carbocycles. The molecule has 3 aromatic heterocycles. The van der Waals surface area contributed by atoms with Crippen molar-refractivity contribution in [1.82, 2.24) is 14.5 Å². The molecule has 1 aromatic carbocycles. The van der Waals surface area contributed by atoms with Crippen LogP contribution in [0, 0.1) is 5.82 Å². The van der Waals surface area contributed by atoms with Crippen molar-refractivity contribution < 1.29 is 13.6 Å². The van der Waals surface area contributed by atoms with Gasteiger partial charge in [0, 0.05) is 18.0 Å². The molecule has 0 spiro atoms. The van der Waals surface area contributed by atoms with Crippen LogP contribution in [0.3, 0.4) is 0 Å². The van der Waals surface area contributed by atoms with Gasteiger partial charge in [0.1, 0.15) is 17.4 Å². The Morgan fingerprint density at radius 3 is 2.79 bits per heavy atom. The van der Waals surface area contributed by atoms with Gasteiger partial charge in [-0.3, -0.25) is 4.79 Å². The molecule has 0 unspecified atom stereocenters. The molecule has 0 N–H and O–H groups in total. The fourth-order valence-corrected chi connectivity index (χ4v) is 3.65. The Bertz CT molecular complexity index is 1040. The molecule has 0 aliphatic heterocycles. The van der Waals surface area contributed by atoms with Crippen LogP contribution in [0.1, 0.15) is 26.8 Å². The summed E-state index contributed by atoms with van der Waals surface area (Å²) in [5, 5.41) is 1.87. The molecule has 0 aliphatic rings. The maximum atomic E-state index is 14.0. The fourth-order valence-electron chi connectivity index (χ4n) is 2.96. The number of rotatable bonds is 7. The van der Waals surface area contributed by atoms with Crippen molar-refractivity contribution in [3.8, 4) is 0 Å². The predicted octanol–water partition coefficient (Wildman–Crippen LogP) is 4.57. The van der Waals surface area contributed by atoms with Crippen molar-refractivity contribution in [1.29, 1.82) is 0 Å². The number of hydrogen-bond donors (Lipinski definition) is 0.